The first-order chi connectivity index (χ1) is 7.52. The number of hydrogen-bond acceptors (Lipinski definition) is 2. The minimum absolute atomic E-state index is 0.104. The van der Waals surface area contributed by atoms with Gasteiger partial charge in [-0.1, -0.05) is 12.1 Å². The minimum atomic E-state index is -0.826. The molecule has 90 valence electrons. The van der Waals surface area contributed by atoms with Crippen molar-refractivity contribution in [2.24, 2.45) is 0 Å². The highest BCUT2D eigenvalue weighted by Gasteiger charge is 2.07. The van der Waals surface area contributed by atoms with Crippen molar-refractivity contribution < 1.29 is 8.60 Å². The van der Waals surface area contributed by atoms with Gasteiger partial charge in [0.25, 0.3) is 0 Å². The smallest absolute Gasteiger partial charge is 0.137 e. The maximum atomic E-state index is 13.2. The van der Waals surface area contributed by atoms with Gasteiger partial charge in [-0.2, -0.15) is 0 Å². The van der Waals surface area contributed by atoms with Crippen LogP contribution in [0, 0.1) is 5.82 Å². The number of halogens is 2. The molecule has 0 radical (unpaired) electrons. The van der Waals surface area contributed by atoms with Gasteiger partial charge in [-0.15, -0.1) is 0 Å². The van der Waals surface area contributed by atoms with Crippen LogP contribution in [0.4, 0.5) is 4.39 Å². The molecule has 16 heavy (non-hydrogen) atoms. The van der Waals surface area contributed by atoms with E-state index in [1.807, 2.05) is 13.0 Å². The standard InChI is InChI=1S/C11H15BrFNOS/c1-8(16(2)15)6-14-7-9-4-3-5-10(13)11(9)12/h3-5,8,14H,6-7H2,1-2H3. The van der Waals surface area contributed by atoms with Crippen LogP contribution < -0.4 is 5.32 Å². The molecule has 1 N–H and O–H groups in total. The first-order valence-electron chi connectivity index (χ1n) is 4.98. The van der Waals surface area contributed by atoms with Crippen LogP contribution >= 0.6 is 15.9 Å². The van der Waals surface area contributed by atoms with E-state index in [4.69, 9.17) is 0 Å². The molecule has 2 nitrogen and oxygen atoms in total. The molecule has 1 aromatic rings. The Labute approximate surface area is 106 Å². The molecular weight excluding hydrogens is 293 g/mol. The largest absolute Gasteiger partial charge is 0.311 e. The molecule has 0 aliphatic carbocycles. The lowest BCUT2D eigenvalue weighted by Crippen LogP contribution is -2.27. The predicted molar refractivity (Wildman–Crippen MR) is 69.3 cm³/mol. The van der Waals surface area contributed by atoms with Gasteiger partial charge in [0.05, 0.1) is 4.47 Å². The zero-order chi connectivity index (χ0) is 12.1. The first-order valence-corrected chi connectivity index (χ1v) is 7.39. The molecule has 2 atom stereocenters. The molecule has 0 spiro atoms. The average molecular weight is 308 g/mol. The topological polar surface area (TPSA) is 29.1 Å². The van der Waals surface area contributed by atoms with Crippen LogP contribution in [0.2, 0.25) is 0 Å². The highest BCUT2D eigenvalue weighted by molar-refractivity contribution is 9.10. The van der Waals surface area contributed by atoms with Crippen molar-refractivity contribution in [3.05, 3.63) is 34.1 Å². The zero-order valence-corrected chi connectivity index (χ0v) is 11.7. The number of nitrogens with one attached hydrogen (secondary N) is 1. The molecule has 0 heterocycles. The van der Waals surface area contributed by atoms with Crippen molar-refractivity contribution in [1.29, 1.82) is 0 Å². The molecule has 2 unspecified atom stereocenters. The fourth-order valence-corrected chi connectivity index (χ4v) is 1.97. The molecule has 0 aliphatic rings. The predicted octanol–water partition coefficient (Wildman–Crippen LogP) is 2.44. The summed E-state index contributed by atoms with van der Waals surface area (Å²) >= 11 is 3.20. The molecule has 0 saturated heterocycles. The van der Waals surface area contributed by atoms with Crippen molar-refractivity contribution in [1.82, 2.24) is 5.32 Å². The monoisotopic (exact) mass is 307 g/mol. The van der Waals surface area contributed by atoms with Gasteiger partial charge in [-0.25, -0.2) is 4.39 Å². The van der Waals surface area contributed by atoms with Crippen LogP contribution in [0.5, 0.6) is 0 Å². The second-order valence-corrected chi connectivity index (χ2v) is 6.25. The molecule has 1 aromatic carbocycles. The number of hydrogen-bond donors (Lipinski definition) is 1. The van der Waals surface area contributed by atoms with E-state index in [1.165, 1.54) is 6.07 Å². The van der Waals surface area contributed by atoms with Gasteiger partial charge in [-0.05, 0) is 34.5 Å². The summed E-state index contributed by atoms with van der Waals surface area (Å²) < 4.78 is 24.8. The second-order valence-electron chi connectivity index (χ2n) is 3.65. The van der Waals surface area contributed by atoms with E-state index in [-0.39, 0.29) is 11.1 Å². The maximum absolute atomic E-state index is 13.2. The summed E-state index contributed by atoms with van der Waals surface area (Å²) in [7, 11) is -0.826. The summed E-state index contributed by atoms with van der Waals surface area (Å²) in [5.41, 5.74) is 0.870. The fourth-order valence-electron chi connectivity index (χ4n) is 1.21. The van der Waals surface area contributed by atoms with E-state index >= 15 is 0 Å². The zero-order valence-electron chi connectivity index (χ0n) is 9.30. The van der Waals surface area contributed by atoms with Crippen molar-refractivity contribution in [2.45, 2.75) is 18.7 Å². The van der Waals surface area contributed by atoms with Gasteiger partial charge >= 0.3 is 0 Å². The molecule has 0 saturated carbocycles. The maximum Gasteiger partial charge on any atom is 0.137 e. The van der Waals surface area contributed by atoms with Gasteiger partial charge in [0.15, 0.2) is 0 Å². The Hall–Kier alpha value is -0.260. The molecule has 0 fully saturated rings. The molecule has 0 amide bonds. The van der Waals surface area contributed by atoms with Crippen molar-refractivity contribution in [3.63, 3.8) is 0 Å². The first kappa shape index (κ1) is 13.8. The quantitative estimate of drug-likeness (QED) is 0.905. The van der Waals surface area contributed by atoms with Crippen LogP contribution in [0.25, 0.3) is 0 Å². The number of rotatable bonds is 5. The molecule has 0 aromatic heterocycles. The average Bonchev–Trinajstić information content (AvgIpc) is 2.24. The summed E-state index contributed by atoms with van der Waals surface area (Å²) in [5, 5.41) is 3.27. The van der Waals surface area contributed by atoms with E-state index < -0.39 is 10.8 Å². The Morgan fingerprint density at radius 2 is 2.25 bits per heavy atom. The van der Waals surface area contributed by atoms with E-state index in [9.17, 15) is 8.60 Å². The van der Waals surface area contributed by atoms with E-state index in [0.29, 0.717) is 17.6 Å². The van der Waals surface area contributed by atoms with E-state index in [1.54, 1.807) is 12.3 Å². The molecule has 1 rings (SSSR count). The van der Waals surface area contributed by atoms with Crippen molar-refractivity contribution >= 4 is 26.7 Å². The van der Waals surface area contributed by atoms with Crippen LogP contribution in [-0.4, -0.2) is 22.3 Å². The summed E-state index contributed by atoms with van der Waals surface area (Å²) in [4.78, 5) is 0. The minimum Gasteiger partial charge on any atom is -0.311 e. The van der Waals surface area contributed by atoms with Crippen LogP contribution in [-0.2, 0) is 17.3 Å². The van der Waals surface area contributed by atoms with E-state index in [0.717, 1.165) is 5.56 Å². The molecular formula is C11H15BrFNOS. The summed E-state index contributed by atoms with van der Waals surface area (Å²) in [6.45, 7) is 3.15. The third-order valence-corrected chi connectivity index (χ3v) is 4.53. The Balaban J connectivity index is 2.49. The lowest BCUT2D eigenvalue weighted by molar-refractivity contribution is 0.610. The molecule has 5 heteroatoms. The van der Waals surface area contributed by atoms with Gasteiger partial charge in [0.1, 0.15) is 5.82 Å². The fraction of sp³-hybridized carbons (Fsp3) is 0.455. The summed E-state index contributed by atoms with van der Waals surface area (Å²) in [6, 6.07) is 4.95. The third-order valence-electron chi connectivity index (χ3n) is 2.35. The summed E-state index contributed by atoms with van der Waals surface area (Å²) in [5.74, 6) is -0.258. The van der Waals surface area contributed by atoms with Gasteiger partial charge < -0.3 is 5.32 Å². The van der Waals surface area contributed by atoms with Gasteiger partial charge in [0, 0.05) is 35.4 Å². The normalized spacial score (nSPS) is 14.8. The lowest BCUT2D eigenvalue weighted by Gasteiger charge is -2.11. The highest BCUT2D eigenvalue weighted by atomic mass is 79.9. The Morgan fingerprint density at radius 1 is 1.56 bits per heavy atom. The highest BCUT2D eigenvalue weighted by Crippen LogP contribution is 2.19. The molecule has 0 aliphatic heterocycles. The Kier molecular flexibility index (Phi) is 5.58. The van der Waals surface area contributed by atoms with Crippen molar-refractivity contribution in [2.75, 3.05) is 12.8 Å². The third kappa shape index (κ3) is 3.96. The molecule has 0 bridgehead atoms. The van der Waals surface area contributed by atoms with Gasteiger partial charge in [0.2, 0.25) is 0 Å². The number of benzene rings is 1. The Morgan fingerprint density at radius 3 is 2.88 bits per heavy atom. The van der Waals surface area contributed by atoms with Crippen LogP contribution in [0.15, 0.2) is 22.7 Å². The second kappa shape index (κ2) is 6.47. The van der Waals surface area contributed by atoms with Crippen LogP contribution in [0.1, 0.15) is 12.5 Å². The van der Waals surface area contributed by atoms with Gasteiger partial charge in [-0.3, -0.25) is 4.21 Å². The Bertz CT molecular complexity index is 386. The lowest BCUT2D eigenvalue weighted by atomic mass is 10.2. The summed E-state index contributed by atoms with van der Waals surface area (Å²) in [6.07, 6.45) is 1.68. The SMILES string of the molecule is CC(CNCc1cccc(F)c1Br)S(C)=O. The van der Waals surface area contributed by atoms with Crippen molar-refractivity contribution in [3.8, 4) is 0 Å². The van der Waals surface area contributed by atoms with Crippen LogP contribution in [0.3, 0.4) is 0 Å². The van der Waals surface area contributed by atoms with E-state index in [2.05, 4.69) is 21.2 Å².